The van der Waals surface area contributed by atoms with Crippen LogP contribution >= 0.6 is 0 Å². The number of aryl methyl sites for hydroxylation is 1. The van der Waals surface area contributed by atoms with Crippen molar-refractivity contribution < 1.29 is 0 Å². The van der Waals surface area contributed by atoms with Crippen molar-refractivity contribution in [1.82, 2.24) is 15.0 Å². The normalized spacial score (nSPS) is 12.9. The van der Waals surface area contributed by atoms with E-state index in [2.05, 4.69) is 17.1 Å². The lowest BCUT2D eigenvalue weighted by molar-refractivity contribution is 0.529. The van der Waals surface area contributed by atoms with Gasteiger partial charge < -0.3 is 5.73 Å². The van der Waals surface area contributed by atoms with Crippen LogP contribution in [-0.4, -0.2) is 15.0 Å². The summed E-state index contributed by atoms with van der Waals surface area (Å²) in [5.74, 6) is 0. The molecule has 0 amide bonds. The van der Waals surface area contributed by atoms with Gasteiger partial charge in [-0.2, -0.15) is 15.0 Å². The van der Waals surface area contributed by atoms with Crippen molar-refractivity contribution in [3.63, 3.8) is 0 Å². The van der Waals surface area contributed by atoms with Crippen molar-refractivity contribution in [2.75, 3.05) is 0 Å². The summed E-state index contributed by atoms with van der Waals surface area (Å²) in [5, 5.41) is 8.27. The molecule has 4 nitrogen and oxygen atoms in total. The highest BCUT2D eigenvalue weighted by atomic mass is 15.4. The second-order valence-electron chi connectivity index (χ2n) is 4.78. The number of hydrogen-bond donors (Lipinski definition) is 1. The molecule has 0 aliphatic carbocycles. The van der Waals surface area contributed by atoms with E-state index in [1.807, 2.05) is 7.05 Å². The van der Waals surface area contributed by atoms with E-state index in [4.69, 9.17) is 5.73 Å². The van der Waals surface area contributed by atoms with Gasteiger partial charge in [-0.3, -0.25) is 0 Å². The minimum Gasteiger partial charge on any atom is -0.323 e. The SMILES string of the molecule is CCCCCCCCCC(N)c1cnn(C)n1. The fraction of sp³-hybridized carbons (Fsp3) is 0.846. The molecule has 0 aliphatic heterocycles. The standard InChI is InChI=1S/C13H26N4/c1-3-4-5-6-7-8-9-10-12(14)13-11-15-17(2)16-13/h11-12H,3-10,14H2,1-2H3. The molecule has 0 saturated heterocycles. The number of unbranched alkanes of at least 4 members (excludes halogenated alkanes) is 6. The minimum absolute atomic E-state index is 0.0549. The summed E-state index contributed by atoms with van der Waals surface area (Å²) in [4.78, 5) is 1.57. The van der Waals surface area contributed by atoms with E-state index in [9.17, 15) is 0 Å². The highest BCUT2D eigenvalue weighted by molar-refractivity contribution is 4.98. The van der Waals surface area contributed by atoms with E-state index in [-0.39, 0.29) is 6.04 Å². The van der Waals surface area contributed by atoms with Crippen LogP contribution in [0.1, 0.15) is 70.0 Å². The maximum Gasteiger partial charge on any atom is 0.0994 e. The third-order valence-corrected chi connectivity index (χ3v) is 3.12. The molecule has 0 fully saturated rings. The molecular formula is C13H26N4. The minimum atomic E-state index is 0.0549. The van der Waals surface area contributed by atoms with E-state index in [1.165, 1.54) is 44.9 Å². The summed E-state index contributed by atoms with van der Waals surface area (Å²) in [5.41, 5.74) is 6.97. The van der Waals surface area contributed by atoms with Gasteiger partial charge in [0.1, 0.15) is 0 Å². The van der Waals surface area contributed by atoms with Gasteiger partial charge in [0.25, 0.3) is 0 Å². The Hall–Kier alpha value is -0.900. The van der Waals surface area contributed by atoms with E-state index >= 15 is 0 Å². The van der Waals surface area contributed by atoms with Gasteiger partial charge in [-0.1, -0.05) is 51.9 Å². The lowest BCUT2D eigenvalue weighted by Gasteiger charge is -2.07. The van der Waals surface area contributed by atoms with Gasteiger partial charge in [0.2, 0.25) is 0 Å². The average molecular weight is 238 g/mol. The van der Waals surface area contributed by atoms with Crippen LogP contribution in [0.15, 0.2) is 6.20 Å². The fourth-order valence-electron chi connectivity index (χ4n) is 2.00. The first-order valence-electron chi connectivity index (χ1n) is 6.86. The van der Waals surface area contributed by atoms with Crippen LogP contribution in [0.2, 0.25) is 0 Å². The maximum atomic E-state index is 6.05. The van der Waals surface area contributed by atoms with Gasteiger partial charge >= 0.3 is 0 Å². The number of aromatic nitrogens is 3. The molecule has 17 heavy (non-hydrogen) atoms. The molecule has 0 spiro atoms. The number of nitrogens with two attached hydrogens (primary N) is 1. The molecule has 2 N–H and O–H groups in total. The monoisotopic (exact) mass is 238 g/mol. The second kappa shape index (κ2) is 8.23. The molecule has 0 aromatic carbocycles. The van der Waals surface area contributed by atoms with Crippen LogP contribution in [0.5, 0.6) is 0 Å². The molecule has 1 aromatic rings. The quantitative estimate of drug-likeness (QED) is 0.673. The zero-order valence-electron chi connectivity index (χ0n) is 11.2. The van der Waals surface area contributed by atoms with Gasteiger partial charge in [0.05, 0.1) is 17.9 Å². The van der Waals surface area contributed by atoms with Crippen LogP contribution in [0.25, 0.3) is 0 Å². The number of nitrogens with zero attached hydrogens (tertiary/aromatic N) is 3. The molecule has 1 rings (SSSR count). The van der Waals surface area contributed by atoms with Crippen LogP contribution in [-0.2, 0) is 7.05 Å². The molecule has 4 heteroatoms. The Kier molecular flexibility index (Phi) is 6.86. The molecule has 1 aromatic heterocycles. The van der Waals surface area contributed by atoms with Crippen molar-refractivity contribution in [3.8, 4) is 0 Å². The van der Waals surface area contributed by atoms with E-state index in [0.29, 0.717) is 0 Å². The molecule has 0 saturated carbocycles. The van der Waals surface area contributed by atoms with Crippen molar-refractivity contribution >= 4 is 0 Å². The maximum absolute atomic E-state index is 6.05. The highest BCUT2D eigenvalue weighted by Gasteiger charge is 2.08. The average Bonchev–Trinajstić information content (AvgIpc) is 2.74. The molecule has 98 valence electrons. The third kappa shape index (κ3) is 5.82. The van der Waals surface area contributed by atoms with Crippen LogP contribution in [0, 0.1) is 0 Å². The number of hydrogen-bond acceptors (Lipinski definition) is 3. The first-order chi connectivity index (χ1) is 8.24. The van der Waals surface area contributed by atoms with Gasteiger partial charge in [0, 0.05) is 7.05 Å². The topological polar surface area (TPSA) is 56.7 Å². The Morgan fingerprint density at radius 2 is 1.82 bits per heavy atom. The van der Waals surface area contributed by atoms with Crippen LogP contribution in [0.4, 0.5) is 0 Å². The van der Waals surface area contributed by atoms with Crippen LogP contribution in [0.3, 0.4) is 0 Å². The molecular weight excluding hydrogens is 212 g/mol. The summed E-state index contributed by atoms with van der Waals surface area (Å²) in [6.07, 6.45) is 12.1. The Morgan fingerprint density at radius 3 is 2.41 bits per heavy atom. The summed E-state index contributed by atoms with van der Waals surface area (Å²) < 4.78 is 0. The van der Waals surface area contributed by atoms with Gasteiger partial charge in [-0.05, 0) is 6.42 Å². The Bertz CT molecular complexity index is 295. The van der Waals surface area contributed by atoms with Crippen molar-refractivity contribution in [2.45, 2.75) is 64.3 Å². The van der Waals surface area contributed by atoms with Crippen molar-refractivity contribution in [1.29, 1.82) is 0 Å². The third-order valence-electron chi connectivity index (χ3n) is 3.12. The molecule has 0 bridgehead atoms. The van der Waals surface area contributed by atoms with E-state index < -0.39 is 0 Å². The smallest absolute Gasteiger partial charge is 0.0994 e. The predicted molar refractivity (Wildman–Crippen MR) is 70.5 cm³/mol. The van der Waals surface area contributed by atoms with Crippen molar-refractivity contribution in [2.24, 2.45) is 12.8 Å². The first-order valence-corrected chi connectivity index (χ1v) is 6.86. The summed E-state index contributed by atoms with van der Waals surface area (Å²) in [7, 11) is 1.82. The van der Waals surface area contributed by atoms with Crippen molar-refractivity contribution in [3.05, 3.63) is 11.9 Å². The lowest BCUT2D eigenvalue weighted by atomic mass is 10.0. The summed E-state index contributed by atoms with van der Waals surface area (Å²) in [6, 6.07) is 0.0549. The first kappa shape index (κ1) is 14.2. The van der Waals surface area contributed by atoms with Crippen LogP contribution < -0.4 is 5.73 Å². The van der Waals surface area contributed by atoms with Gasteiger partial charge in [-0.15, -0.1) is 0 Å². The Labute approximate surface area is 105 Å². The predicted octanol–water partition coefficient (Wildman–Crippen LogP) is 2.96. The molecule has 1 atom stereocenters. The molecule has 0 radical (unpaired) electrons. The molecule has 1 heterocycles. The second-order valence-corrected chi connectivity index (χ2v) is 4.78. The van der Waals surface area contributed by atoms with E-state index in [0.717, 1.165) is 12.1 Å². The summed E-state index contributed by atoms with van der Waals surface area (Å²) >= 11 is 0. The lowest BCUT2D eigenvalue weighted by Crippen LogP contribution is -2.11. The largest absolute Gasteiger partial charge is 0.323 e. The zero-order valence-corrected chi connectivity index (χ0v) is 11.2. The number of rotatable bonds is 9. The van der Waals surface area contributed by atoms with Gasteiger partial charge in [0.15, 0.2) is 0 Å². The zero-order chi connectivity index (χ0) is 12.5. The Morgan fingerprint density at radius 1 is 1.18 bits per heavy atom. The van der Waals surface area contributed by atoms with E-state index in [1.54, 1.807) is 11.0 Å². The van der Waals surface area contributed by atoms with Gasteiger partial charge in [-0.25, -0.2) is 0 Å². The summed E-state index contributed by atoms with van der Waals surface area (Å²) in [6.45, 7) is 2.25. The molecule has 1 unspecified atom stereocenters. The highest BCUT2D eigenvalue weighted by Crippen LogP contribution is 2.15. The fourth-order valence-corrected chi connectivity index (χ4v) is 2.00. The Balaban J connectivity index is 2.03. The molecule has 0 aliphatic rings.